The molecule has 1 amide bonds. The molecule has 9 heteroatoms. The van der Waals surface area contributed by atoms with Gasteiger partial charge < -0.3 is 10.1 Å². The molecule has 148 valence electrons. The summed E-state index contributed by atoms with van der Waals surface area (Å²) in [6.07, 6.45) is 2.13. The fourth-order valence-corrected chi connectivity index (χ4v) is 4.76. The molecular weight excluding hydrogens is 398 g/mol. The Labute approximate surface area is 170 Å². The van der Waals surface area contributed by atoms with E-state index >= 15 is 0 Å². The van der Waals surface area contributed by atoms with Crippen LogP contribution in [0, 0.1) is 13.8 Å². The second kappa shape index (κ2) is 8.24. The smallest absolute Gasteiger partial charge is 0.341 e. The third kappa shape index (κ3) is 3.85. The molecule has 7 nitrogen and oxygen atoms in total. The van der Waals surface area contributed by atoms with Crippen molar-refractivity contribution in [3.63, 3.8) is 0 Å². The molecule has 28 heavy (non-hydrogen) atoms. The molecule has 0 fully saturated rings. The summed E-state index contributed by atoms with van der Waals surface area (Å²) in [5.74, 6) is -0.874. The number of esters is 1. The largest absolute Gasteiger partial charge is 0.462 e. The number of fused-ring (bicyclic) bond motifs is 1. The highest BCUT2D eigenvalue weighted by molar-refractivity contribution is 7.18. The molecule has 0 saturated heterocycles. The van der Waals surface area contributed by atoms with Crippen molar-refractivity contribution >= 4 is 49.8 Å². The molecule has 0 atom stereocenters. The Hall–Kier alpha value is -2.52. The molecule has 0 spiro atoms. The first-order chi connectivity index (χ1) is 13.3. The fourth-order valence-electron chi connectivity index (χ4n) is 2.77. The van der Waals surface area contributed by atoms with Crippen molar-refractivity contribution in [1.29, 1.82) is 0 Å². The van der Waals surface area contributed by atoms with Crippen molar-refractivity contribution in [2.24, 2.45) is 0 Å². The highest BCUT2D eigenvalue weighted by Gasteiger charge is 2.19. The van der Waals surface area contributed by atoms with Crippen LogP contribution in [0.15, 0.2) is 17.2 Å². The summed E-state index contributed by atoms with van der Waals surface area (Å²) in [5.41, 5.74) is 0.984. The Morgan fingerprint density at radius 3 is 2.68 bits per heavy atom. The predicted molar refractivity (Wildman–Crippen MR) is 112 cm³/mol. The molecule has 0 radical (unpaired) electrons. The van der Waals surface area contributed by atoms with Gasteiger partial charge in [0, 0.05) is 9.75 Å². The number of carbonyl (C=O) groups is 2. The normalized spacial score (nSPS) is 11.0. The first-order valence-electron chi connectivity index (χ1n) is 8.90. The van der Waals surface area contributed by atoms with E-state index in [1.54, 1.807) is 13.0 Å². The highest BCUT2D eigenvalue weighted by Crippen LogP contribution is 2.29. The van der Waals surface area contributed by atoms with E-state index in [9.17, 15) is 14.4 Å². The SMILES string of the molecule is CCOC(=O)c1cc(CC)sc1NC(=O)Cn1cnc2sc(C)c(C)c2c1=O. The van der Waals surface area contributed by atoms with Gasteiger partial charge in [-0.3, -0.25) is 14.2 Å². The third-order valence-electron chi connectivity index (χ3n) is 4.35. The maximum Gasteiger partial charge on any atom is 0.341 e. The van der Waals surface area contributed by atoms with Crippen LogP contribution in [-0.2, 0) is 22.5 Å². The van der Waals surface area contributed by atoms with Gasteiger partial charge in [-0.2, -0.15) is 0 Å². The van der Waals surface area contributed by atoms with Crippen LogP contribution >= 0.6 is 22.7 Å². The van der Waals surface area contributed by atoms with Crippen LogP contribution in [0.4, 0.5) is 5.00 Å². The molecule has 3 heterocycles. The molecule has 3 aromatic rings. The lowest BCUT2D eigenvalue weighted by molar-refractivity contribution is -0.116. The first-order valence-corrected chi connectivity index (χ1v) is 10.5. The van der Waals surface area contributed by atoms with E-state index in [0.717, 1.165) is 21.7 Å². The summed E-state index contributed by atoms with van der Waals surface area (Å²) in [4.78, 5) is 44.4. The van der Waals surface area contributed by atoms with Crippen molar-refractivity contribution in [1.82, 2.24) is 9.55 Å². The lowest BCUT2D eigenvalue weighted by Gasteiger charge is -2.08. The zero-order valence-corrected chi connectivity index (χ0v) is 17.8. The van der Waals surface area contributed by atoms with Crippen molar-refractivity contribution < 1.29 is 14.3 Å². The Morgan fingerprint density at radius 2 is 2.00 bits per heavy atom. The van der Waals surface area contributed by atoms with Crippen LogP contribution < -0.4 is 10.9 Å². The lowest BCUT2D eigenvalue weighted by Crippen LogP contribution is -2.28. The van der Waals surface area contributed by atoms with E-state index in [1.165, 1.54) is 33.6 Å². The van der Waals surface area contributed by atoms with Crippen molar-refractivity contribution in [3.8, 4) is 0 Å². The van der Waals surface area contributed by atoms with E-state index in [1.807, 2.05) is 20.8 Å². The Bertz CT molecular complexity index is 1110. The van der Waals surface area contributed by atoms with Gasteiger partial charge in [-0.25, -0.2) is 9.78 Å². The van der Waals surface area contributed by atoms with Crippen molar-refractivity contribution in [2.45, 2.75) is 40.7 Å². The van der Waals surface area contributed by atoms with Crippen LogP contribution in [0.3, 0.4) is 0 Å². The van der Waals surface area contributed by atoms with Gasteiger partial charge in [-0.15, -0.1) is 22.7 Å². The van der Waals surface area contributed by atoms with Gasteiger partial charge in [0.25, 0.3) is 5.56 Å². The number of nitrogens with zero attached hydrogens (tertiary/aromatic N) is 2. The molecule has 0 aromatic carbocycles. The zero-order valence-electron chi connectivity index (χ0n) is 16.1. The Morgan fingerprint density at radius 1 is 1.25 bits per heavy atom. The summed E-state index contributed by atoms with van der Waals surface area (Å²) in [7, 11) is 0. The minimum Gasteiger partial charge on any atom is -0.462 e. The second-order valence-corrected chi connectivity index (χ2v) is 8.56. The number of aryl methyl sites for hydroxylation is 3. The summed E-state index contributed by atoms with van der Waals surface area (Å²) >= 11 is 2.79. The molecule has 0 unspecified atom stereocenters. The van der Waals surface area contributed by atoms with Gasteiger partial charge in [0.05, 0.1) is 23.9 Å². The van der Waals surface area contributed by atoms with E-state index in [0.29, 0.717) is 20.8 Å². The molecule has 0 bridgehead atoms. The minimum atomic E-state index is -0.474. The predicted octanol–water partition coefficient (Wildman–Crippen LogP) is 3.51. The second-order valence-electron chi connectivity index (χ2n) is 6.22. The molecule has 3 aromatic heterocycles. The molecule has 3 rings (SSSR count). The minimum absolute atomic E-state index is 0.183. The van der Waals surface area contributed by atoms with Gasteiger partial charge in [0.15, 0.2) is 0 Å². The van der Waals surface area contributed by atoms with Crippen LogP contribution in [0.1, 0.15) is 39.5 Å². The monoisotopic (exact) mass is 419 g/mol. The van der Waals surface area contributed by atoms with E-state index < -0.39 is 11.9 Å². The van der Waals surface area contributed by atoms with Gasteiger partial charge in [-0.1, -0.05) is 6.92 Å². The number of rotatable bonds is 6. The third-order valence-corrected chi connectivity index (χ3v) is 6.66. The highest BCUT2D eigenvalue weighted by atomic mass is 32.1. The van der Waals surface area contributed by atoms with Gasteiger partial charge in [0.1, 0.15) is 16.4 Å². The summed E-state index contributed by atoms with van der Waals surface area (Å²) in [5, 5.41) is 3.73. The fraction of sp³-hybridized carbons (Fsp3) is 0.368. The molecular formula is C19H21N3O4S2. The number of hydrogen-bond donors (Lipinski definition) is 1. The maximum absolute atomic E-state index is 12.7. The van der Waals surface area contributed by atoms with Crippen molar-refractivity contribution in [3.05, 3.63) is 43.6 Å². The number of nitrogens with one attached hydrogen (secondary N) is 1. The van der Waals surface area contributed by atoms with Crippen molar-refractivity contribution in [2.75, 3.05) is 11.9 Å². The molecule has 1 N–H and O–H groups in total. The number of aromatic nitrogens is 2. The quantitative estimate of drug-likeness (QED) is 0.618. The number of hydrogen-bond acceptors (Lipinski definition) is 7. The van der Waals surface area contributed by atoms with Crippen LogP contribution in [0.5, 0.6) is 0 Å². The lowest BCUT2D eigenvalue weighted by atomic mass is 10.2. The number of ether oxygens (including phenoxy) is 1. The Balaban J connectivity index is 1.85. The Kier molecular flexibility index (Phi) is 5.95. The van der Waals surface area contributed by atoms with E-state index in [-0.39, 0.29) is 18.7 Å². The molecule has 0 saturated carbocycles. The molecule has 0 aliphatic rings. The number of thiophene rings is 2. The molecule has 0 aliphatic heterocycles. The van der Waals surface area contributed by atoms with Gasteiger partial charge in [0.2, 0.25) is 5.91 Å². The van der Waals surface area contributed by atoms with Crippen LogP contribution in [0.25, 0.3) is 10.2 Å². The number of anilines is 1. The standard InChI is InChI=1S/C19H21N3O4S2/c1-5-12-7-13(19(25)26-6-2)16(28-12)21-14(23)8-22-9-20-17-15(18(22)24)10(3)11(4)27-17/h7,9H,5-6,8H2,1-4H3,(H,21,23). The average molecular weight is 420 g/mol. The maximum atomic E-state index is 12.7. The van der Waals surface area contributed by atoms with E-state index in [2.05, 4.69) is 10.3 Å². The van der Waals surface area contributed by atoms with Crippen LogP contribution in [-0.4, -0.2) is 28.0 Å². The summed E-state index contributed by atoms with van der Waals surface area (Å²) < 4.78 is 6.35. The number of amides is 1. The zero-order chi connectivity index (χ0) is 20.4. The average Bonchev–Trinajstić information content (AvgIpc) is 3.19. The molecule has 0 aliphatic carbocycles. The summed E-state index contributed by atoms with van der Waals surface area (Å²) in [6, 6.07) is 1.73. The summed E-state index contributed by atoms with van der Waals surface area (Å²) in [6.45, 7) is 7.59. The van der Waals surface area contributed by atoms with E-state index in [4.69, 9.17) is 4.74 Å². The van der Waals surface area contributed by atoms with Crippen LogP contribution in [0.2, 0.25) is 0 Å². The topological polar surface area (TPSA) is 90.3 Å². The first kappa shape index (κ1) is 20.2. The number of carbonyl (C=O) groups excluding carboxylic acids is 2. The van der Waals surface area contributed by atoms with Gasteiger partial charge >= 0.3 is 5.97 Å². The van der Waals surface area contributed by atoms with Gasteiger partial charge in [-0.05, 0) is 38.8 Å².